The highest BCUT2D eigenvalue weighted by Gasteiger charge is 2.18. The molecule has 0 amide bonds. The zero-order valence-electron chi connectivity index (χ0n) is 16.5. The number of nitrogens with two attached hydrogens (primary N) is 1. The number of benzene rings is 1. The molecule has 3 rings (SSSR count). The Morgan fingerprint density at radius 3 is 2.64 bits per heavy atom. The van der Waals surface area contributed by atoms with Gasteiger partial charge in [0, 0.05) is 18.5 Å². The van der Waals surface area contributed by atoms with Crippen LogP contribution in [-0.4, -0.2) is 31.4 Å². The van der Waals surface area contributed by atoms with Crippen LogP contribution in [0.15, 0.2) is 29.3 Å². The molecule has 0 aliphatic carbocycles. The maximum atomic E-state index is 13.1. The maximum Gasteiger partial charge on any atom is 0.258 e. The van der Waals surface area contributed by atoms with Crippen LogP contribution in [0.4, 0.5) is 0 Å². The van der Waals surface area contributed by atoms with E-state index in [-0.39, 0.29) is 24.5 Å². The molecule has 8 nitrogen and oxygen atoms in total. The van der Waals surface area contributed by atoms with Crippen molar-refractivity contribution in [2.45, 2.75) is 46.7 Å². The third-order valence-corrected chi connectivity index (χ3v) is 4.41. The molecule has 0 aliphatic rings. The highest BCUT2D eigenvalue weighted by molar-refractivity contribution is 5.90. The van der Waals surface area contributed by atoms with Gasteiger partial charge in [0.25, 0.3) is 5.56 Å². The fraction of sp³-hybridized carbons (Fsp3) is 0.474. The summed E-state index contributed by atoms with van der Waals surface area (Å²) < 4.78 is 9.44. The van der Waals surface area contributed by atoms with Crippen molar-refractivity contribution in [2.24, 2.45) is 11.7 Å². The Hall–Kier alpha value is -2.45. The van der Waals surface area contributed by atoms with Crippen LogP contribution in [0.2, 0.25) is 0 Å². The van der Waals surface area contributed by atoms with Crippen LogP contribution < -0.4 is 16.0 Å². The SMILES string of the molecule is CCCCOc1c(CN)n(CC(C)C)c(=O)c2ccc(-n3cnnn3)cc12.Cl. The Balaban J connectivity index is 0.00000280. The zero-order chi connectivity index (χ0) is 19.4. The third-order valence-electron chi connectivity index (χ3n) is 4.41. The smallest absolute Gasteiger partial charge is 0.258 e. The van der Waals surface area contributed by atoms with E-state index in [4.69, 9.17) is 10.5 Å². The van der Waals surface area contributed by atoms with E-state index in [0.29, 0.717) is 30.2 Å². The minimum Gasteiger partial charge on any atom is -0.491 e. The van der Waals surface area contributed by atoms with Crippen LogP contribution in [0.25, 0.3) is 16.5 Å². The average Bonchev–Trinajstić information content (AvgIpc) is 3.19. The van der Waals surface area contributed by atoms with Gasteiger partial charge in [-0.15, -0.1) is 17.5 Å². The predicted molar refractivity (Wildman–Crippen MR) is 111 cm³/mol. The van der Waals surface area contributed by atoms with E-state index in [1.807, 2.05) is 12.1 Å². The van der Waals surface area contributed by atoms with Crippen molar-refractivity contribution >= 4 is 23.2 Å². The Bertz CT molecular complexity index is 969. The van der Waals surface area contributed by atoms with E-state index in [1.54, 1.807) is 15.3 Å². The van der Waals surface area contributed by atoms with Crippen LogP contribution in [0.3, 0.4) is 0 Å². The molecule has 0 spiro atoms. The molecule has 0 atom stereocenters. The summed E-state index contributed by atoms with van der Waals surface area (Å²) in [6, 6.07) is 5.52. The van der Waals surface area contributed by atoms with Crippen molar-refractivity contribution in [3.05, 3.63) is 40.6 Å². The van der Waals surface area contributed by atoms with Gasteiger partial charge in [-0.3, -0.25) is 4.79 Å². The summed E-state index contributed by atoms with van der Waals surface area (Å²) in [5.41, 5.74) is 7.48. The number of unbranched alkanes of at least 4 members (excludes halogenated alkanes) is 1. The number of aromatic nitrogens is 5. The number of fused-ring (bicyclic) bond motifs is 1. The standard InChI is InChI=1S/C19H26N6O2.ClH/c1-4-5-8-27-18-16-9-14(25-12-21-22-23-25)6-7-15(16)19(26)24(11-13(2)3)17(18)10-20;/h6-7,9,12-13H,4-5,8,10-11,20H2,1-3H3;1H. The highest BCUT2D eigenvalue weighted by Crippen LogP contribution is 2.30. The number of nitrogens with zero attached hydrogens (tertiary/aromatic N) is 5. The summed E-state index contributed by atoms with van der Waals surface area (Å²) >= 11 is 0. The molecular formula is C19H27ClN6O2. The van der Waals surface area contributed by atoms with Crippen LogP contribution in [0.1, 0.15) is 39.3 Å². The van der Waals surface area contributed by atoms with Gasteiger partial charge in [0.2, 0.25) is 0 Å². The van der Waals surface area contributed by atoms with Gasteiger partial charge in [0.05, 0.1) is 23.4 Å². The molecule has 0 unspecified atom stereocenters. The van der Waals surface area contributed by atoms with Crippen LogP contribution >= 0.6 is 12.4 Å². The molecule has 2 heterocycles. The molecule has 1 aromatic carbocycles. The van der Waals surface area contributed by atoms with Gasteiger partial charge in [-0.1, -0.05) is 27.2 Å². The summed E-state index contributed by atoms with van der Waals surface area (Å²) in [4.78, 5) is 13.1. The summed E-state index contributed by atoms with van der Waals surface area (Å²) in [5, 5.41) is 12.6. The molecule has 2 aromatic heterocycles. The molecule has 0 bridgehead atoms. The van der Waals surface area contributed by atoms with Crippen molar-refractivity contribution in [1.29, 1.82) is 0 Å². The fourth-order valence-electron chi connectivity index (χ4n) is 3.12. The number of pyridine rings is 1. The minimum absolute atomic E-state index is 0. The molecular weight excluding hydrogens is 380 g/mol. The van der Waals surface area contributed by atoms with Gasteiger partial charge < -0.3 is 15.0 Å². The van der Waals surface area contributed by atoms with Gasteiger partial charge in [-0.05, 0) is 41.0 Å². The predicted octanol–water partition coefficient (Wildman–Crippen LogP) is 2.69. The number of hydrogen-bond acceptors (Lipinski definition) is 6. The second-order valence-corrected chi connectivity index (χ2v) is 6.98. The van der Waals surface area contributed by atoms with Gasteiger partial charge in [-0.25, -0.2) is 4.68 Å². The second-order valence-electron chi connectivity index (χ2n) is 6.98. The molecule has 0 saturated carbocycles. The molecule has 0 aliphatic heterocycles. The number of rotatable bonds is 8. The van der Waals surface area contributed by atoms with E-state index < -0.39 is 0 Å². The lowest BCUT2D eigenvalue weighted by atomic mass is 10.1. The molecule has 152 valence electrons. The quantitative estimate of drug-likeness (QED) is 0.577. The summed E-state index contributed by atoms with van der Waals surface area (Å²) in [6.45, 7) is 7.67. The first-order valence-corrected chi connectivity index (χ1v) is 9.32. The first-order chi connectivity index (χ1) is 13.1. The monoisotopic (exact) mass is 406 g/mol. The maximum absolute atomic E-state index is 13.1. The summed E-state index contributed by atoms with van der Waals surface area (Å²) in [7, 11) is 0. The van der Waals surface area contributed by atoms with Crippen LogP contribution in [0.5, 0.6) is 5.75 Å². The third kappa shape index (κ3) is 4.34. The second kappa shape index (κ2) is 9.66. The first-order valence-electron chi connectivity index (χ1n) is 9.32. The number of hydrogen-bond donors (Lipinski definition) is 1. The molecule has 0 saturated heterocycles. The Morgan fingerprint density at radius 2 is 2.04 bits per heavy atom. The molecule has 3 aromatic rings. The van der Waals surface area contributed by atoms with Crippen molar-refractivity contribution in [3.8, 4) is 11.4 Å². The summed E-state index contributed by atoms with van der Waals surface area (Å²) in [6.07, 6.45) is 3.47. The average molecular weight is 407 g/mol. The van der Waals surface area contributed by atoms with E-state index in [1.165, 1.54) is 6.33 Å². The molecule has 2 N–H and O–H groups in total. The lowest BCUT2D eigenvalue weighted by Crippen LogP contribution is -2.28. The lowest BCUT2D eigenvalue weighted by Gasteiger charge is -2.20. The van der Waals surface area contributed by atoms with Gasteiger partial charge in [0.1, 0.15) is 12.1 Å². The van der Waals surface area contributed by atoms with Crippen LogP contribution in [-0.2, 0) is 13.1 Å². The van der Waals surface area contributed by atoms with Crippen molar-refractivity contribution < 1.29 is 4.74 Å². The van der Waals surface area contributed by atoms with Crippen molar-refractivity contribution in [3.63, 3.8) is 0 Å². The minimum atomic E-state index is -0.0507. The van der Waals surface area contributed by atoms with E-state index in [0.717, 1.165) is 29.6 Å². The topological polar surface area (TPSA) is 101 Å². The molecule has 0 fully saturated rings. The number of ether oxygens (including phenoxy) is 1. The highest BCUT2D eigenvalue weighted by atomic mass is 35.5. The Morgan fingerprint density at radius 1 is 1.25 bits per heavy atom. The molecule has 9 heteroatoms. The lowest BCUT2D eigenvalue weighted by molar-refractivity contribution is 0.304. The number of tetrazole rings is 1. The normalized spacial score (nSPS) is 11.0. The number of halogens is 1. The largest absolute Gasteiger partial charge is 0.491 e. The summed E-state index contributed by atoms with van der Waals surface area (Å²) in [5.74, 6) is 0.991. The zero-order valence-corrected chi connectivity index (χ0v) is 17.3. The van der Waals surface area contributed by atoms with Crippen molar-refractivity contribution in [2.75, 3.05) is 6.61 Å². The van der Waals surface area contributed by atoms with Crippen LogP contribution in [0, 0.1) is 5.92 Å². The first kappa shape index (κ1) is 21.8. The van der Waals surface area contributed by atoms with E-state index >= 15 is 0 Å². The van der Waals surface area contributed by atoms with Gasteiger partial charge in [-0.2, -0.15) is 0 Å². The van der Waals surface area contributed by atoms with E-state index in [2.05, 4.69) is 36.3 Å². The Labute approximate surface area is 170 Å². The molecule has 28 heavy (non-hydrogen) atoms. The van der Waals surface area contributed by atoms with Gasteiger partial charge >= 0.3 is 0 Å². The van der Waals surface area contributed by atoms with Gasteiger partial charge in [0.15, 0.2) is 0 Å². The Kier molecular flexibility index (Phi) is 7.53. The van der Waals surface area contributed by atoms with E-state index in [9.17, 15) is 4.79 Å². The fourth-order valence-corrected chi connectivity index (χ4v) is 3.12. The molecule has 0 radical (unpaired) electrons. The van der Waals surface area contributed by atoms with Crippen molar-refractivity contribution in [1.82, 2.24) is 24.8 Å².